The maximum Gasteiger partial charge on any atom is -0.00177 e. The first-order valence-corrected chi connectivity index (χ1v) is 8.18. The van der Waals surface area contributed by atoms with Crippen molar-refractivity contribution >= 4 is 0 Å². The average Bonchev–Trinajstić information content (AvgIpc) is 2.57. The van der Waals surface area contributed by atoms with Crippen LogP contribution in [0.25, 0.3) is 11.1 Å². The summed E-state index contributed by atoms with van der Waals surface area (Å²) in [5.74, 6) is 1.53. The lowest BCUT2D eigenvalue weighted by Gasteiger charge is -2.32. The molecule has 0 amide bonds. The lowest BCUT2D eigenvalue weighted by molar-refractivity contribution is 0.301. The standard InChI is InChI=1S/C20H25N/c1-21-15-19-9-5-6-10-20(19)18-13-11-17(12-14-18)16-7-3-2-4-8-16/h2-4,7-8,11-14,19-21H,5-6,9-10,15H2,1H3. The van der Waals surface area contributed by atoms with E-state index in [1.54, 1.807) is 0 Å². The van der Waals surface area contributed by atoms with Gasteiger partial charge in [-0.1, -0.05) is 67.4 Å². The molecule has 1 N–H and O–H groups in total. The Kier molecular flexibility index (Phi) is 4.72. The summed E-state index contributed by atoms with van der Waals surface area (Å²) in [6, 6.07) is 19.9. The molecule has 3 rings (SSSR count). The predicted molar refractivity (Wildman–Crippen MR) is 90.5 cm³/mol. The molecule has 0 aliphatic heterocycles. The third-order valence-corrected chi connectivity index (χ3v) is 4.82. The third-order valence-electron chi connectivity index (χ3n) is 4.82. The van der Waals surface area contributed by atoms with Gasteiger partial charge in [0.15, 0.2) is 0 Å². The Bertz CT molecular complexity index is 542. The fourth-order valence-corrected chi connectivity index (χ4v) is 3.71. The second-order valence-corrected chi connectivity index (χ2v) is 6.20. The first-order valence-electron chi connectivity index (χ1n) is 8.18. The van der Waals surface area contributed by atoms with Gasteiger partial charge in [-0.2, -0.15) is 0 Å². The molecule has 0 radical (unpaired) electrons. The fraction of sp³-hybridized carbons (Fsp3) is 0.400. The molecule has 2 aromatic rings. The highest BCUT2D eigenvalue weighted by Gasteiger charge is 2.25. The number of nitrogens with one attached hydrogen (secondary N) is 1. The van der Waals surface area contributed by atoms with Gasteiger partial charge in [-0.25, -0.2) is 0 Å². The first-order chi connectivity index (χ1) is 10.4. The Morgan fingerprint density at radius 3 is 2.24 bits per heavy atom. The van der Waals surface area contributed by atoms with E-state index in [0.29, 0.717) is 0 Å². The smallest absolute Gasteiger partial charge is 0.00177 e. The number of rotatable bonds is 4. The van der Waals surface area contributed by atoms with Crippen molar-refractivity contribution in [2.24, 2.45) is 5.92 Å². The molecule has 1 nitrogen and oxygen atoms in total. The van der Waals surface area contributed by atoms with E-state index >= 15 is 0 Å². The Balaban J connectivity index is 1.79. The van der Waals surface area contributed by atoms with Gasteiger partial charge in [0, 0.05) is 0 Å². The summed E-state index contributed by atoms with van der Waals surface area (Å²) in [6.07, 6.45) is 5.49. The highest BCUT2D eigenvalue weighted by Crippen LogP contribution is 2.38. The summed E-state index contributed by atoms with van der Waals surface area (Å²) in [6.45, 7) is 1.14. The highest BCUT2D eigenvalue weighted by atomic mass is 14.8. The zero-order valence-corrected chi connectivity index (χ0v) is 12.9. The fourth-order valence-electron chi connectivity index (χ4n) is 3.71. The van der Waals surface area contributed by atoms with Crippen LogP contribution in [-0.4, -0.2) is 13.6 Å². The summed E-state index contributed by atoms with van der Waals surface area (Å²) >= 11 is 0. The summed E-state index contributed by atoms with van der Waals surface area (Å²) in [7, 11) is 2.07. The molecule has 2 aromatic carbocycles. The topological polar surface area (TPSA) is 12.0 Å². The van der Waals surface area contributed by atoms with Crippen LogP contribution >= 0.6 is 0 Å². The van der Waals surface area contributed by atoms with Gasteiger partial charge < -0.3 is 5.32 Å². The molecule has 1 saturated carbocycles. The molecule has 0 spiro atoms. The number of hydrogen-bond acceptors (Lipinski definition) is 1. The summed E-state index contributed by atoms with van der Waals surface area (Å²) in [5, 5.41) is 3.37. The molecule has 0 saturated heterocycles. The van der Waals surface area contributed by atoms with E-state index in [4.69, 9.17) is 0 Å². The van der Waals surface area contributed by atoms with Crippen LogP contribution in [0.4, 0.5) is 0 Å². The third kappa shape index (κ3) is 3.36. The maximum absolute atomic E-state index is 3.37. The normalized spacial score (nSPS) is 22.1. The van der Waals surface area contributed by atoms with Crippen molar-refractivity contribution in [2.45, 2.75) is 31.6 Å². The summed E-state index contributed by atoms with van der Waals surface area (Å²) < 4.78 is 0. The minimum absolute atomic E-state index is 0.732. The molecule has 0 heterocycles. The van der Waals surface area contributed by atoms with Crippen molar-refractivity contribution < 1.29 is 0 Å². The van der Waals surface area contributed by atoms with E-state index in [9.17, 15) is 0 Å². The van der Waals surface area contributed by atoms with Crippen LogP contribution in [0.5, 0.6) is 0 Å². The van der Waals surface area contributed by atoms with Crippen molar-refractivity contribution in [1.29, 1.82) is 0 Å². The molecule has 0 aromatic heterocycles. The van der Waals surface area contributed by atoms with Gasteiger partial charge in [0.05, 0.1) is 0 Å². The second-order valence-electron chi connectivity index (χ2n) is 6.20. The van der Waals surface area contributed by atoms with E-state index in [1.165, 1.54) is 42.4 Å². The van der Waals surface area contributed by atoms with E-state index in [2.05, 4.69) is 67.0 Å². The molecule has 1 aliphatic rings. The van der Waals surface area contributed by atoms with Crippen LogP contribution in [-0.2, 0) is 0 Å². The van der Waals surface area contributed by atoms with Crippen molar-refractivity contribution in [2.75, 3.05) is 13.6 Å². The molecule has 0 bridgehead atoms. The molecule has 21 heavy (non-hydrogen) atoms. The maximum atomic E-state index is 3.37. The van der Waals surface area contributed by atoms with Gasteiger partial charge >= 0.3 is 0 Å². The zero-order valence-electron chi connectivity index (χ0n) is 12.9. The molecule has 2 atom stereocenters. The molecular weight excluding hydrogens is 254 g/mol. The molecule has 1 heteroatoms. The highest BCUT2D eigenvalue weighted by molar-refractivity contribution is 5.63. The van der Waals surface area contributed by atoms with E-state index in [0.717, 1.165) is 18.4 Å². The summed E-state index contributed by atoms with van der Waals surface area (Å²) in [5.41, 5.74) is 4.15. The molecule has 2 unspecified atom stereocenters. The van der Waals surface area contributed by atoms with E-state index < -0.39 is 0 Å². The number of hydrogen-bond donors (Lipinski definition) is 1. The van der Waals surface area contributed by atoms with Gasteiger partial charge in [0.2, 0.25) is 0 Å². The van der Waals surface area contributed by atoms with Crippen LogP contribution in [0.3, 0.4) is 0 Å². The largest absolute Gasteiger partial charge is 0.319 e. The van der Waals surface area contributed by atoms with Gasteiger partial charge in [-0.15, -0.1) is 0 Å². The predicted octanol–water partition coefficient (Wildman–Crippen LogP) is 4.85. The Labute approximate surface area is 128 Å². The number of benzene rings is 2. The van der Waals surface area contributed by atoms with Crippen molar-refractivity contribution in [1.82, 2.24) is 5.32 Å². The van der Waals surface area contributed by atoms with Crippen molar-refractivity contribution in [3.05, 3.63) is 60.2 Å². The Morgan fingerprint density at radius 1 is 0.857 bits per heavy atom. The molecular formula is C20H25N. The second kappa shape index (κ2) is 6.91. The van der Waals surface area contributed by atoms with Crippen LogP contribution in [0.1, 0.15) is 37.2 Å². The monoisotopic (exact) mass is 279 g/mol. The minimum Gasteiger partial charge on any atom is -0.319 e. The van der Waals surface area contributed by atoms with Crippen LogP contribution in [0, 0.1) is 5.92 Å². The van der Waals surface area contributed by atoms with Gasteiger partial charge in [-0.3, -0.25) is 0 Å². The lowest BCUT2D eigenvalue weighted by atomic mass is 9.75. The lowest BCUT2D eigenvalue weighted by Crippen LogP contribution is -2.27. The SMILES string of the molecule is CNCC1CCCCC1c1ccc(-c2ccccc2)cc1. The zero-order chi connectivity index (χ0) is 14.5. The van der Waals surface area contributed by atoms with Crippen LogP contribution in [0.15, 0.2) is 54.6 Å². The quantitative estimate of drug-likeness (QED) is 0.844. The van der Waals surface area contributed by atoms with E-state index in [1.807, 2.05) is 0 Å². The van der Waals surface area contributed by atoms with Gasteiger partial charge in [0.1, 0.15) is 0 Å². The van der Waals surface area contributed by atoms with Crippen molar-refractivity contribution in [3.8, 4) is 11.1 Å². The molecule has 110 valence electrons. The average molecular weight is 279 g/mol. The van der Waals surface area contributed by atoms with Gasteiger partial charge in [-0.05, 0) is 55.0 Å². The first kappa shape index (κ1) is 14.3. The molecule has 1 aliphatic carbocycles. The van der Waals surface area contributed by atoms with E-state index in [-0.39, 0.29) is 0 Å². The molecule has 1 fully saturated rings. The van der Waals surface area contributed by atoms with Crippen LogP contribution in [0.2, 0.25) is 0 Å². The Hall–Kier alpha value is -1.60. The van der Waals surface area contributed by atoms with Crippen LogP contribution < -0.4 is 5.32 Å². The Morgan fingerprint density at radius 2 is 1.52 bits per heavy atom. The minimum atomic E-state index is 0.732. The summed E-state index contributed by atoms with van der Waals surface area (Å²) in [4.78, 5) is 0. The van der Waals surface area contributed by atoms with Crippen molar-refractivity contribution in [3.63, 3.8) is 0 Å². The van der Waals surface area contributed by atoms with Gasteiger partial charge in [0.25, 0.3) is 0 Å².